The minimum atomic E-state index is -0.801. The average molecular weight is 399 g/mol. The Labute approximate surface area is 161 Å². The second-order valence-corrected chi connectivity index (χ2v) is 6.96. The van der Waals surface area contributed by atoms with E-state index in [-0.39, 0.29) is 27.5 Å². The molecule has 2 aromatic carbocycles. The zero-order chi connectivity index (χ0) is 19.7. The lowest BCUT2D eigenvalue weighted by molar-refractivity contribution is 0.0984. The largest absolute Gasteiger partial charge is 0.278 e. The second kappa shape index (κ2) is 7.40. The molecule has 0 atom stereocenters. The molecule has 140 valence electrons. The number of hydrogen-bond acceptors (Lipinski definition) is 4. The first-order valence-electron chi connectivity index (χ1n) is 8.24. The number of benzene rings is 2. The second-order valence-electron chi connectivity index (χ2n) is 5.95. The molecule has 0 radical (unpaired) electrons. The van der Waals surface area contributed by atoms with Crippen molar-refractivity contribution in [3.05, 3.63) is 89.5 Å². The highest BCUT2D eigenvalue weighted by atomic mass is 32.1. The fraction of sp³-hybridized carbons (Fsp3) is 0.0500. The lowest BCUT2D eigenvalue weighted by Crippen LogP contribution is -2.30. The molecule has 0 fully saturated rings. The van der Waals surface area contributed by atoms with E-state index in [4.69, 9.17) is 0 Å². The van der Waals surface area contributed by atoms with Crippen LogP contribution in [0.3, 0.4) is 0 Å². The Morgan fingerprint density at radius 1 is 1.00 bits per heavy atom. The van der Waals surface area contributed by atoms with Crippen molar-refractivity contribution in [2.45, 2.75) is 6.54 Å². The van der Waals surface area contributed by atoms with Crippen LogP contribution in [0.25, 0.3) is 10.2 Å². The van der Waals surface area contributed by atoms with Crippen molar-refractivity contribution in [1.29, 1.82) is 0 Å². The minimum absolute atomic E-state index is 0.0145. The predicted octanol–water partition coefficient (Wildman–Crippen LogP) is 4.96. The number of carbonyl (C=O) groups is 1. The molecule has 0 aliphatic rings. The number of amides is 1. The van der Waals surface area contributed by atoms with Gasteiger partial charge in [-0.25, -0.2) is 18.2 Å². The van der Waals surface area contributed by atoms with Gasteiger partial charge in [-0.2, -0.15) is 0 Å². The summed E-state index contributed by atoms with van der Waals surface area (Å²) in [5.74, 6) is -2.44. The smallest absolute Gasteiger partial charge is 0.260 e. The number of fused-ring (bicyclic) bond motifs is 1. The first-order chi connectivity index (χ1) is 13.5. The molecule has 0 bridgehead atoms. The van der Waals surface area contributed by atoms with E-state index >= 15 is 0 Å². The van der Waals surface area contributed by atoms with Crippen LogP contribution in [0.5, 0.6) is 0 Å². The number of rotatable bonds is 4. The summed E-state index contributed by atoms with van der Waals surface area (Å²) >= 11 is 0.991. The lowest BCUT2D eigenvalue weighted by atomic mass is 10.2. The van der Waals surface area contributed by atoms with E-state index in [2.05, 4.69) is 9.97 Å². The maximum atomic E-state index is 14.1. The monoisotopic (exact) mass is 399 g/mol. The van der Waals surface area contributed by atoms with Gasteiger partial charge in [-0.1, -0.05) is 17.4 Å². The van der Waals surface area contributed by atoms with Crippen molar-refractivity contribution < 1.29 is 18.0 Å². The van der Waals surface area contributed by atoms with Gasteiger partial charge in [0.05, 0.1) is 16.9 Å². The molecule has 1 amide bonds. The van der Waals surface area contributed by atoms with Crippen molar-refractivity contribution in [2.24, 2.45) is 0 Å². The van der Waals surface area contributed by atoms with E-state index in [9.17, 15) is 18.0 Å². The third-order valence-electron chi connectivity index (χ3n) is 4.02. The van der Waals surface area contributed by atoms with Crippen LogP contribution in [-0.4, -0.2) is 15.9 Å². The SMILES string of the molecule is O=C(c1ccc(F)cc1)N(Cc1ccccn1)c1nc2c(F)cc(F)cc2s1. The Hall–Kier alpha value is -3.26. The molecular weight excluding hydrogens is 387 g/mol. The third kappa shape index (κ3) is 3.59. The maximum absolute atomic E-state index is 14.1. The van der Waals surface area contributed by atoms with Crippen LogP contribution in [-0.2, 0) is 6.54 Å². The number of nitrogens with zero attached hydrogens (tertiary/aromatic N) is 3. The maximum Gasteiger partial charge on any atom is 0.260 e. The van der Waals surface area contributed by atoms with E-state index in [1.54, 1.807) is 24.4 Å². The number of anilines is 1. The van der Waals surface area contributed by atoms with E-state index in [0.717, 1.165) is 17.4 Å². The van der Waals surface area contributed by atoms with Gasteiger partial charge >= 0.3 is 0 Å². The molecule has 0 unspecified atom stereocenters. The number of thiazole rings is 1. The molecule has 4 nitrogen and oxygen atoms in total. The van der Waals surface area contributed by atoms with Crippen LogP contribution < -0.4 is 4.90 Å². The molecular formula is C20H12F3N3OS. The van der Waals surface area contributed by atoms with Gasteiger partial charge in [0, 0.05) is 17.8 Å². The molecule has 0 saturated carbocycles. The van der Waals surface area contributed by atoms with Gasteiger partial charge in [0.15, 0.2) is 10.9 Å². The molecule has 0 aliphatic heterocycles. The summed E-state index contributed by atoms with van der Waals surface area (Å²) in [6.07, 6.45) is 1.59. The molecule has 28 heavy (non-hydrogen) atoms. The number of carbonyl (C=O) groups excluding carboxylic acids is 1. The van der Waals surface area contributed by atoms with E-state index in [1.807, 2.05) is 0 Å². The third-order valence-corrected chi connectivity index (χ3v) is 5.04. The zero-order valence-corrected chi connectivity index (χ0v) is 15.1. The highest BCUT2D eigenvalue weighted by Gasteiger charge is 2.23. The van der Waals surface area contributed by atoms with Crippen molar-refractivity contribution in [1.82, 2.24) is 9.97 Å². The van der Waals surface area contributed by atoms with Crippen LogP contribution in [0.2, 0.25) is 0 Å². The summed E-state index contributed by atoms with van der Waals surface area (Å²) in [6, 6.07) is 12.2. The molecule has 2 aromatic heterocycles. The van der Waals surface area contributed by atoms with Gasteiger partial charge in [0.2, 0.25) is 0 Å². The van der Waals surface area contributed by atoms with Crippen LogP contribution in [0.4, 0.5) is 18.3 Å². The minimum Gasteiger partial charge on any atom is -0.278 e. The van der Waals surface area contributed by atoms with Crippen LogP contribution in [0, 0.1) is 17.5 Å². The summed E-state index contributed by atoms with van der Waals surface area (Å²) in [5.41, 5.74) is 0.812. The molecule has 0 spiro atoms. The number of halogens is 3. The molecule has 0 N–H and O–H groups in total. The summed E-state index contributed by atoms with van der Waals surface area (Å²) in [4.78, 5) is 22.8. The van der Waals surface area contributed by atoms with Crippen molar-refractivity contribution in [3.63, 3.8) is 0 Å². The van der Waals surface area contributed by atoms with Gasteiger partial charge in [-0.05, 0) is 42.5 Å². The van der Waals surface area contributed by atoms with Crippen LogP contribution >= 0.6 is 11.3 Å². The standard InChI is InChI=1S/C20H12F3N3OS/c21-13-6-4-12(5-7-13)19(27)26(11-15-3-1-2-8-24-15)20-25-18-16(23)9-14(22)10-17(18)28-20/h1-10H,11H2. The van der Waals surface area contributed by atoms with Crippen molar-refractivity contribution >= 4 is 32.6 Å². The molecule has 2 heterocycles. The van der Waals surface area contributed by atoms with Gasteiger partial charge in [0.25, 0.3) is 5.91 Å². The Morgan fingerprint density at radius 3 is 2.50 bits per heavy atom. The molecule has 0 aliphatic carbocycles. The fourth-order valence-electron chi connectivity index (χ4n) is 2.69. The summed E-state index contributed by atoms with van der Waals surface area (Å²) < 4.78 is 41.1. The van der Waals surface area contributed by atoms with Crippen LogP contribution in [0.1, 0.15) is 16.1 Å². The highest BCUT2D eigenvalue weighted by Crippen LogP contribution is 2.32. The van der Waals surface area contributed by atoms with Crippen molar-refractivity contribution in [3.8, 4) is 0 Å². The van der Waals surface area contributed by atoms with Gasteiger partial charge in [-0.15, -0.1) is 0 Å². The topological polar surface area (TPSA) is 46.1 Å². The zero-order valence-electron chi connectivity index (χ0n) is 14.3. The average Bonchev–Trinajstić information content (AvgIpc) is 3.11. The summed E-state index contributed by atoms with van der Waals surface area (Å²) in [5, 5.41) is 0.194. The Bertz CT molecular complexity index is 1150. The predicted molar refractivity (Wildman–Crippen MR) is 101 cm³/mol. The first kappa shape index (κ1) is 18.1. The van der Waals surface area contributed by atoms with Gasteiger partial charge in [-0.3, -0.25) is 14.7 Å². The molecule has 4 rings (SSSR count). The van der Waals surface area contributed by atoms with Crippen molar-refractivity contribution in [2.75, 3.05) is 4.90 Å². The quantitative estimate of drug-likeness (QED) is 0.488. The molecule has 8 heteroatoms. The first-order valence-corrected chi connectivity index (χ1v) is 9.06. The Morgan fingerprint density at radius 2 is 1.79 bits per heavy atom. The lowest BCUT2D eigenvalue weighted by Gasteiger charge is -2.19. The molecule has 4 aromatic rings. The van der Waals surface area contributed by atoms with Crippen LogP contribution in [0.15, 0.2) is 60.8 Å². The number of pyridine rings is 1. The van der Waals surface area contributed by atoms with E-state index < -0.39 is 23.4 Å². The Balaban J connectivity index is 1.79. The number of aromatic nitrogens is 2. The summed E-state index contributed by atoms with van der Waals surface area (Å²) in [6.45, 7) is 0.0704. The van der Waals surface area contributed by atoms with E-state index in [1.165, 1.54) is 35.2 Å². The van der Waals surface area contributed by atoms with Gasteiger partial charge < -0.3 is 0 Å². The summed E-state index contributed by atoms with van der Waals surface area (Å²) in [7, 11) is 0. The Kier molecular flexibility index (Phi) is 4.79. The number of hydrogen-bond donors (Lipinski definition) is 0. The molecule has 0 saturated heterocycles. The fourth-order valence-corrected chi connectivity index (χ4v) is 3.69. The highest BCUT2D eigenvalue weighted by molar-refractivity contribution is 7.22. The van der Waals surface area contributed by atoms with Gasteiger partial charge in [0.1, 0.15) is 17.2 Å². The van der Waals surface area contributed by atoms with E-state index in [0.29, 0.717) is 5.69 Å². The normalized spacial score (nSPS) is 11.0.